The summed E-state index contributed by atoms with van der Waals surface area (Å²) in [7, 11) is 0. The fourth-order valence-corrected chi connectivity index (χ4v) is 4.57. The van der Waals surface area contributed by atoms with Crippen molar-refractivity contribution < 1.29 is 14.7 Å². The van der Waals surface area contributed by atoms with Gasteiger partial charge in [-0.25, -0.2) is 4.98 Å². The monoisotopic (exact) mass is 489 g/mol. The molecule has 2 aromatic carbocycles. The molecule has 9 heteroatoms. The van der Waals surface area contributed by atoms with Gasteiger partial charge in [0.2, 0.25) is 11.8 Å². The number of nitrogens with zero attached hydrogens (tertiary/aromatic N) is 4. The van der Waals surface area contributed by atoms with E-state index in [1.165, 1.54) is 0 Å². The fourth-order valence-electron chi connectivity index (χ4n) is 4.30. The first-order valence-corrected chi connectivity index (χ1v) is 11.7. The van der Waals surface area contributed by atoms with Crippen LogP contribution in [0.3, 0.4) is 0 Å². The first-order valence-electron chi connectivity index (χ1n) is 11.3. The van der Waals surface area contributed by atoms with E-state index in [1.807, 2.05) is 29.2 Å². The molecule has 0 saturated carbocycles. The van der Waals surface area contributed by atoms with Crippen molar-refractivity contribution in [1.29, 1.82) is 0 Å². The predicted molar refractivity (Wildman–Crippen MR) is 135 cm³/mol. The quantitative estimate of drug-likeness (QED) is 0.445. The molecule has 5 rings (SSSR count). The van der Waals surface area contributed by atoms with Gasteiger partial charge >= 0.3 is 0 Å². The third kappa shape index (κ3) is 4.84. The van der Waals surface area contributed by atoms with Gasteiger partial charge in [-0.2, -0.15) is 0 Å². The van der Waals surface area contributed by atoms with Gasteiger partial charge in [-0.05, 0) is 36.4 Å². The minimum Gasteiger partial charge on any atom is -0.494 e. The van der Waals surface area contributed by atoms with Crippen LogP contribution in [0.1, 0.15) is 10.4 Å². The van der Waals surface area contributed by atoms with E-state index in [4.69, 9.17) is 11.6 Å². The average molecular weight is 490 g/mol. The van der Waals surface area contributed by atoms with E-state index >= 15 is 0 Å². The Morgan fingerprint density at radius 2 is 1.80 bits per heavy atom. The lowest BCUT2D eigenvalue weighted by Crippen LogP contribution is -2.50. The molecular formula is C26H24ClN5O3. The summed E-state index contributed by atoms with van der Waals surface area (Å²) in [5.41, 5.74) is 1.21. The van der Waals surface area contributed by atoms with E-state index in [9.17, 15) is 14.7 Å². The molecule has 2 amide bonds. The number of pyridine rings is 1. The average Bonchev–Trinajstić information content (AvgIpc) is 3.22. The van der Waals surface area contributed by atoms with Crippen molar-refractivity contribution in [3.63, 3.8) is 0 Å². The second-order valence-corrected chi connectivity index (χ2v) is 8.82. The van der Waals surface area contributed by atoms with E-state index < -0.39 is 0 Å². The molecule has 0 spiro atoms. The van der Waals surface area contributed by atoms with Crippen molar-refractivity contribution in [2.45, 2.75) is 0 Å². The van der Waals surface area contributed by atoms with Crippen LogP contribution in [0.2, 0.25) is 5.02 Å². The van der Waals surface area contributed by atoms with Gasteiger partial charge in [0, 0.05) is 55.2 Å². The van der Waals surface area contributed by atoms with E-state index in [0.29, 0.717) is 53.7 Å². The molecule has 3 heterocycles. The SMILES string of the molecule is O=C(CN1CCN(C(=O)c2cccc(-n3cc4cccc(Cl)c4c3O)c2)CC1)Nc1ccccn1. The minimum absolute atomic E-state index is 0.0350. The minimum atomic E-state index is -0.129. The second kappa shape index (κ2) is 9.77. The number of benzene rings is 2. The number of aromatic nitrogens is 2. The molecule has 0 radical (unpaired) electrons. The topological polar surface area (TPSA) is 90.7 Å². The van der Waals surface area contributed by atoms with Gasteiger partial charge in [0.15, 0.2) is 0 Å². The van der Waals surface area contributed by atoms with Crippen molar-refractivity contribution in [3.8, 4) is 11.6 Å². The zero-order chi connectivity index (χ0) is 24.4. The van der Waals surface area contributed by atoms with Gasteiger partial charge in [0.05, 0.1) is 17.0 Å². The standard InChI is InChI=1S/C26H24ClN5O3/c27-21-8-4-6-19-16-32(26(35)24(19)21)20-7-3-5-18(15-20)25(34)31-13-11-30(12-14-31)17-23(33)29-22-9-1-2-10-28-22/h1-10,15-16,35H,11-14,17H2,(H,28,29,33). The molecule has 0 atom stereocenters. The zero-order valence-corrected chi connectivity index (χ0v) is 19.7. The first-order chi connectivity index (χ1) is 17.0. The van der Waals surface area contributed by atoms with E-state index in [2.05, 4.69) is 10.3 Å². The molecule has 1 aliphatic heterocycles. The van der Waals surface area contributed by atoms with Crippen LogP contribution in [0, 0.1) is 0 Å². The number of hydrogen-bond donors (Lipinski definition) is 2. The van der Waals surface area contributed by atoms with Gasteiger partial charge in [-0.3, -0.25) is 19.1 Å². The molecule has 4 aromatic rings. The molecule has 178 valence electrons. The third-order valence-electron chi connectivity index (χ3n) is 6.10. The number of fused-ring (bicyclic) bond motifs is 1. The largest absolute Gasteiger partial charge is 0.494 e. The Labute approximate surface area is 207 Å². The van der Waals surface area contributed by atoms with Gasteiger partial charge in [0.25, 0.3) is 5.91 Å². The molecular weight excluding hydrogens is 466 g/mol. The van der Waals surface area contributed by atoms with Crippen LogP contribution in [0.5, 0.6) is 5.88 Å². The molecule has 35 heavy (non-hydrogen) atoms. The number of amides is 2. The van der Waals surface area contributed by atoms with Crippen molar-refractivity contribution in [3.05, 3.63) is 83.6 Å². The maximum Gasteiger partial charge on any atom is 0.254 e. The van der Waals surface area contributed by atoms with Crippen molar-refractivity contribution >= 4 is 40.0 Å². The van der Waals surface area contributed by atoms with Crippen molar-refractivity contribution in [1.82, 2.24) is 19.4 Å². The fraction of sp³-hybridized carbons (Fsp3) is 0.192. The van der Waals surface area contributed by atoms with Gasteiger partial charge in [-0.15, -0.1) is 0 Å². The van der Waals surface area contributed by atoms with Gasteiger partial charge in [0.1, 0.15) is 5.82 Å². The Bertz CT molecular complexity index is 1380. The lowest BCUT2D eigenvalue weighted by Gasteiger charge is -2.34. The summed E-state index contributed by atoms with van der Waals surface area (Å²) in [5, 5.41) is 15.4. The molecule has 0 bridgehead atoms. The number of anilines is 1. The number of halogens is 1. The molecule has 0 aliphatic carbocycles. The highest BCUT2D eigenvalue weighted by molar-refractivity contribution is 6.36. The summed E-state index contributed by atoms with van der Waals surface area (Å²) >= 11 is 6.26. The molecule has 1 aliphatic rings. The van der Waals surface area contributed by atoms with E-state index in [1.54, 1.807) is 58.3 Å². The number of nitrogens with one attached hydrogen (secondary N) is 1. The Kier molecular flexibility index (Phi) is 6.39. The predicted octanol–water partition coefficient (Wildman–Crippen LogP) is 3.78. The van der Waals surface area contributed by atoms with E-state index in [-0.39, 0.29) is 24.2 Å². The number of carbonyl (C=O) groups excluding carboxylic acids is 2. The van der Waals surface area contributed by atoms with Crippen molar-refractivity contribution in [2.24, 2.45) is 0 Å². The zero-order valence-electron chi connectivity index (χ0n) is 18.9. The third-order valence-corrected chi connectivity index (χ3v) is 6.41. The normalized spacial score (nSPS) is 14.3. The Balaban J connectivity index is 1.23. The van der Waals surface area contributed by atoms with Crippen LogP contribution in [0.25, 0.3) is 16.5 Å². The summed E-state index contributed by atoms with van der Waals surface area (Å²) in [6, 6.07) is 18.0. The van der Waals surface area contributed by atoms with Crippen LogP contribution >= 0.6 is 11.6 Å². The molecule has 2 aromatic heterocycles. The van der Waals surface area contributed by atoms with E-state index in [0.717, 1.165) is 5.39 Å². The smallest absolute Gasteiger partial charge is 0.254 e. The van der Waals surface area contributed by atoms with Crippen molar-refractivity contribution in [2.75, 3.05) is 38.0 Å². The number of piperazine rings is 1. The van der Waals surface area contributed by atoms with Crippen LogP contribution in [-0.4, -0.2) is 69.0 Å². The lowest BCUT2D eigenvalue weighted by molar-refractivity contribution is -0.117. The van der Waals surface area contributed by atoms with Crippen LogP contribution < -0.4 is 5.32 Å². The summed E-state index contributed by atoms with van der Waals surface area (Å²) in [6.45, 7) is 2.49. The summed E-state index contributed by atoms with van der Waals surface area (Å²) in [4.78, 5) is 33.4. The highest BCUT2D eigenvalue weighted by Crippen LogP contribution is 2.35. The number of carbonyl (C=O) groups is 2. The highest BCUT2D eigenvalue weighted by Gasteiger charge is 2.24. The summed E-state index contributed by atoms with van der Waals surface area (Å²) in [5.74, 6) is 0.344. The molecule has 1 saturated heterocycles. The second-order valence-electron chi connectivity index (χ2n) is 8.41. The number of hydrogen-bond acceptors (Lipinski definition) is 5. The summed E-state index contributed by atoms with van der Waals surface area (Å²) < 4.78 is 1.63. The van der Waals surface area contributed by atoms with Crippen LogP contribution in [0.4, 0.5) is 5.82 Å². The van der Waals surface area contributed by atoms with Gasteiger partial charge < -0.3 is 15.3 Å². The molecule has 2 N–H and O–H groups in total. The van der Waals surface area contributed by atoms with Crippen LogP contribution in [0.15, 0.2) is 73.1 Å². The Morgan fingerprint density at radius 1 is 1.00 bits per heavy atom. The number of rotatable bonds is 5. The molecule has 8 nitrogen and oxygen atoms in total. The molecule has 1 fully saturated rings. The highest BCUT2D eigenvalue weighted by atomic mass is 35.5. The first kappa shape index (κ1) is 22.9. The van der Waals surface area contributed by atoms with Crippen LogP contribution in [-0.2, 0) is 4.79 Å². The Hall–Kier alpha value is -3.88. The Morgan fingerprint density at radius 3 is 2.54 bits per heavy atom. The molecule has 0 unspecified atom stereocenters. The van der Waals surface area contributed by atoms with Gasteiger partial charge in [-0.1, -0.05) is 35.9 Å². The lowest BCUT2D eigenvalue weighted by atomic mass is 10.1. The number of aromatic hydroxyl groups is 1. The maximum atomic E-state index is 13.2. The maximum absolute atomic E-state index is 13.2. The summed E-state index contributed by atoms with van der Waals surface area (Å²) in [6.07, 6.45) is 3.43.